The summed E-state index contributed by atoms with van der Waals surface area (Å²) in [4.78, 5) is 9.38. The standard InChI is InChI=1S/C20H22N4O2S/c25-27(26,16-11-5-2-6-12-16)24-20-19(21-15-9-3-1-4-10-15)22-17-13-7-8-14-18(17)23-20/h2,5-8,11-15H,1,3-4,9-10H2,(H,21,22)(H,23,24). The van der Waals surface area contributed by atoms with Gasteiger partial charge in [0.2, 0.25) is 0 Å². The summed E-state index contributed by atoms with van der Waals surface area (Å²) in [6, 6.07) is 16.0. The Morgan fingerprint density at radius 3 is 2.04 bits per heavy atom. The Hall–Kier alpha value is -2.67. The minimum absolute atomic E-state index is 0.198. The SMILES string of the molecule is O=S(=O)(Nc1nc2ccccc2nc1NC1CCCCC1)c1ccccc1. The maximum absolute atomic E-state index is 12.8. The number of rotatable bonds is 5. The number of hydrogen-bond donors (Lipinski definition) is 2. The van der Waals surface area contributed by atoms with Gasteiger partial charge >= 0.3 is 0 Å². The summed E-state index contributed by atoms with van der Waals surface area (Å²) >= 11 is 0. The van der Waals surface area contributed by atoms with E-state index in [0.29, 0.717) is 11.3 Å². The maximum Gasteiger partial charge on any atom is 0.263 e. The van der Waals surface area contributed by atoms with Crippen molar-refractivity contribution in [1.29, 1.82) is 0 Å². The number of nitrogens with one attached hydrogen (secondary N) is 2. The van der Waals surface area contributed by atoms with Gasteiger partial charge in [0.25, 0.3) is 10.0 Å². The Labute approximate surface area is 159 Å². The van der Waals surface area contributed by atoms with Crippen molar-refractivity contribution in [3.8, 4) is 0 Å². The predicted molar refractivity (Wildman–Crippen MR) is 107 cm³/mol. The summed E-state index contributed by atoms with van der Waals surface area (Å²) in [7, 11) is -3.74. The van der Waals surface area contributed by atoms with Crippen LogP contribution < -0.4 is 10.0 Å². The lowest BCUT2D eigenvalue weighted by Crippen LogP contribution is -2.24. The van der Waals surface area contributed by atoms with E-state index in [2.05, 4.69) is 20.0 Å². The van der Waals surface area contributed by atoms with Gasteiger partial charge in [-0.2, -0.15) is 0 Å². The van der Waals surface area contributed by atoms with Crippen LogP contribution in [0, 0.1) is 0 Å². The van der Waals surface area contributed by atoms with Gasteiger partial charge < -0.3 is 5.32 Å². The first kappa shape index (κ1) is 17.7. The number of hydrogen-bond acceptors (Lipinski definition) is 5. The lowest BCUT2D eigenvalue weighted by Gasteiger charge is -2.24. The van der Waals surface area contributed by atoms with E-state index in [0.717, 1.165) is 18.4 Å². The Balaban J connectivity index is 1.72. The first-order valence-electron chi connectivity index (χ1n) is 9.23. The highest BCUT2D eigenvalue weighted by Gasteiger charge is 2.21. The number of para-hydroxylation sites is 2. The molecule has 0 saturated heterocycles. The molecule has 1 saturated carbocycles. The van der Waals surface area contributed by atoms with E-state index in [9.17, 15) is 8.42 Å². The van der Waals surface area contributed by atoms with Crippen LogP contribution >= 0.6 is 0 Å². The molecule has 3 aromatic rings. The predicted octanol–water partition coefficient (Wildman–Crippen LogP) is 4.18. The molecule has 4 rings (SSSR count). The zero-order chi connectivity index (χ0) is 18.7. The van der Waals surface area contributed by atoms with Crippen molar-refractivity contribution in [2.45, 2.75) is 43.0 Å². The van der Waals surface area contributed by atoms with Crippen molar-refractivity contribution in [2.75, 3.05) is 10.0 Å². The molecule has 2 N–H and O–H groups in total. The van der Waals surface area contributed by atoms with Crippen molar-refractivity contribution < 1.29 is 8.42 Å². The summed E-state index contributed by atoms with van der Waals surface area (Å²) in [5.41, 5.74) is 1.39. The highest BCUT2D eigenvalue weighted by molar-refractivity contribution is 7.92. The Morgan fingerprint density at radius 2 is 1.37 bits per heavy atom. The summed E-state index contributed by atoms with van der Waals surface area (Å²) in [5, 5.41) is 3.42. The first-order valence-corrected chi connectivity index (χ1v) is 10.7. The van der Waals surface area contributed by atoms with Gasteiger partial charge in [-0.1, -0.05) is 49.6 Å². The number of anilines is 2. The van der Waals surface area contributed by atoms with Gasteiger partial charge in [-0.25, -0.2) is 18.4 Å². The normalized spacial score (nSPS) is 15.6. The second-order valence-electron chi connectivity index (χ2n) is 6.81. The van der Waals surface area contributed by atoms with E-state index in [1.165, 1.54) is 19.3 Å². The molecule has 0 amide bonds. The average Bonchev–Trinajstić information content (AvgIpc) is 2.70. The molecule has 0 atom stereocenters. The van der Waals surface area contributed by atoms with Crippen LogP contribution in [0.4, 0.5) is 11.6 Å². The Bertz CT molecular complexity index is 1030. The Kier molecular flexibility index (Phi) is 4.94. The first-order chi connectivity index (χ1) is 13.1. The molecule has 2 aromatic carbocycles. The smallest absolute Gasteiger partial charge is 0.263 e. The molecule has 1 aromatic heterocycles. The molecule has 1 heterocycles. The minimum Gasteiger partial charge on any atom is -0.364 e. The molecule has 1 fully saturated rings. The van der Waals surface area contributed by atoms with Crippen LogP contribution in [-0.2, 0) is 10.0 Å². The molecule has 0 radical (unpaired) electrons. The van der Waals surface area contributed by atoms with Gasteiger partial charge in [0.05, 0.1) is 15.9 Å². The highest BCUT2D eigenvalue weighted by atomic mass is 32.2. The van der Waals surface area contributed by atoms with Gasteiger partial charge in [-0.05, 0) is 37.1 Å². The second-order valence-corrected chi connectivity index (χ2v) is 8.49. The third-order valence-corrected chi connectivity index (χ3v) is 6.16. The molecule has 7 heteroatoms. The summed E-state index contributed by atoms with van der Waals surface area (Å²) in [6.07, 6.45) is 5.70. The molecule has 0 bridgehead atoms. The fourth-order valence-electron chi connectivity index (χ4n) is 3.40. The zero-order valence-electron chi connectivity index (χ0n) is 14.9. The third kappa shape index (κ3) is 4.03. The maximum atomic E-state index is 12.8. The third-order valence-electron chi connectivity index (χ3n) is 4.80. The summed E-state index contributed by atoms with van der Waals surface area (Å²) in [5.74, 6) is 0.725. The lowest BCUT2D eigenvalue weighted by molar-refractivity contribution is 0.462. The number of sulfonamides is 1. The van der Waals surface area contributed by atoms with E-state index in [1.54, 1.807) is 30.3 Å². The molecule has 140 valence electrons. The Morgan fingerprint density at radius 1 is 0.778 bits per heavy atom. The molecule has 27 heavy (non-hydrogen) atoms. The van der Waals surface area contributed by atoms with E-state index < -0.39 is 10.0 Å². The van der Waals surface area contributed by atoms with E-state index >= 15 is 0 Å². The summed E-state index contributed by atoms with van der Waals surface area (Å²) in [6.45, 7) is 0. The van der Waals surface area contributed by atoms with Crippen LogP contribution in [0.5, 0.6) is 0 Å². The fraction of sp³-hybridized carbons (Fsp3) is 0.300. The molecule has 1 aliphatic rings. The van der Waals surface area contributed by atoms with Crippen molar-refractivity contribution >= 4 is 32.7 Å². The van der Waals surface area contributed by atoms with Crippen LogP contribution in [0.25, 0.3) is 11.0 Å². The summed E-state index contributed by atoms with van der Waals surface area (Å²) < 4.78 is 28.2. The van der Waals surface area contributed by atoms with Gasteiger partial charge in [-0.3, -0.25) is 4.72 Å². The molecule has 0 unspecified atom stereocenters. The van der Waals surface area contributed by atoms with Crippen LogP contribution in [0.2, 0.25) is 0 Å². The van der Waals surface area contributed by atoms with Crippen molar-refractivity contribution in [1.82, 2.24) is 9.97 Å². The fourth-order valence-corrected chi connectivity index (χ4v) is 4.43. The topological polar surface area (TPSA) is 84.0 Å². The monoisotopic (exact) mass is 382 g/mol. The molecular weight excluding hydrogens is 360 g/mol. The van der Waals surface area contributed by atoms with E-state index in [-0.39, 0.29) is 16.8 Å². The van der Waals surface area contributed by atoms with Crippen LogP contribution in [-0.4, -0.2) is 24.4 Å². The van der Waals surface area contributed by atoms with E-state index in [1.807, 2.05) is 24.3 Å². The van der Waals surface area contributed by atoms with Gasteiger partial charge in [0, 0.05) is 6.04 Å². The average molecular weight is 382 g/mol. The van der Waals surface area contributed by atoms with Gasteiger partial charge in [-0.15, -0.1) is 0 Å². The van der Waals surface area contributed by atoms with Crippen LogP contribution in [0.15, 0.2) is 59.5 Å². The molecule has 0 spiro atoms. The molecule has 0 aliphatic heterocycles. The van der Waals surface area contributed by atoms with Crippen LogP contribution in [0.3, 0.4) is 0 Å². The van der Waals surface area contributed by atoms with Crippen molar-refractivity contribution in [2.24, 2.45) is 0 Å². The quantitative estimate of drug-likeness (QED) is 0.692. The van der Waals surface area contributed by atoms with Crippen LogP contribution in [0.1, 0.15) is 32.1 Å². The second kappa shape index (κ2) is 7.52. The lowest BCUT2D eigenvalue weighted by atomic mass is 9.95. The largest absolute Gasteiger partial charge is 0.364 e. The van der Waals surface area contributed by atoms with E-state index in [4.69, 9.17) is 0 Å². The number of fused-ring (bicyclic) bond motifs is 1. The van der Waals surface area contributed by atoms with Gasteiger partial charge in [0.1, 0.15) is 0 Å². The number of aromatic nitrogens is 2. The zero-order valence-corrected chi connectivity index (χ0v) is 15.7. The molecule has 6 nitrogen and oxygen atoms in total. The van der Waals surface area contributed by atoms with Crippen molar-refractivity contribution in [3.05, 3.63) is 54.6 Å². The van der Waals surface area contributed by atoms with Crippen molar-refractivity contribution in [3.63, 3.8) is 0 Å². The molecule has 1 aliphatic carbocycles. The molecular formula is C20H22N4O2S. The minimum atomic E-state index is -3.74. The number of nitrogens with zero attached hydrogens (tertiary/aromatic N) is 2. The highest BCUT2D eigenvalue weighted by Crippen LogP contribution is 2.27. The van der Waals surface area contributed by atoms with Gasteiger partial charge in [0.15, 0.2) is 11.6 Å². The number of benzene rings is 2.